The first-order chi connectivity index (χ1) is 12.3. The second kappa shape index (κ2) is 6.77. The van der Waals surface area contributed by atoms with Gasteiger partial charge in [0.1, 0.15) is 18.3 Å². The molecule has 1 N–H and O–H groups in total. The number of rotatable bonds is 4. The molecule has 0 unspecified atom stereocenters. The summed E-state index contributed by atoms with van der Waals surface area (Å²) >= 11 is 0. The highest BCUT2D eigenvalue weighted by Gasteiger charge is 2.31. The highest BCUT2D eigenvalue weighted by molar-refractivity contribution is 5.86. The van der Waals surface area contributed by atoms with Gasteiger partial charge in [-0.2, -0.15) is 0 Å². The molecule has 2 aromatic carbocycles. The molecule has 4 nitrogen and oxygen atoms in total. The Morgan fingerprint density at radius 1 is 1.00 bits per heavy atom. The van der Waals surface area contributed by atoms with Crippen molar-refractivity contribution in [3.8, 4) is 5.75 Å². The number of hydrogen-bond donors (Lipinski definition) is 1. The van der Waals surface area contributed by atoms with Crippen molar-refractivity contribution in [2.75, 3.05) is 6.61 Å². The Labute approximate surface area is 146 Å². The monoisotopic (exact) mass is 330 g/mol. The van der Waals surface area contributed by atoms with E-state index in [0.29, 0.717) is 6.61 Å². The third kappa shape index (κ3) is 3.11. The van der Waals surface area contributed by atoms with Gasteiger partial charge in [-0.15, -0.1) is 0 Å². The number of pyridine rings is 1. The molecular weight excluding hydrogens is 312 g/mol. The molecule has 0 fully saturated rings. The molecule has 4 heteroatoms. The predicted molar refractivity (Wildman–Crippen MR) is 95.3 cm³/mol. The lowest BCUT2D eigenvalue weighted by Gasteiger charge is -2.21. The van der Waals surface area contributed by atoms with Gasteiger partial charge in [-0.1, -0.05) is 54.6 Å². The van der Waals surface area contributed by atoms with Crippen LogP contribution in [-0.2, 0) is 4.79 Å². The lowest BCUT2D eigenvalue weighted by atomic mass is 9.96. The number of aromatic nitrogens is 1. The van der Waals surface area contributed by atoms with Crippen LogP contribution in [0.15, 0.2) is 79.1 Å². The summed E-state index contributed by atoms with van der Waals surface area (Å²) in [7, 11) is 0. The molecule has 1 aliphatic rings. The van der Waals surface area contributed by atoms with Crippen molar-refractivity contribution in [2.24, 2.45) is 0 Å². The smallest absolute Gasteiger partial charge is 0.231 e. The standard InChI is InChI=1S/C21H18N2O2/c24-21(18-14-25-19-11-5-4-10-17(18)19)23-20(15-7-2-1-3-8-15)16-9-6-12-22-13-16/h1-13,18,20H,14H2,(H,23,24)/t18-,20+/m0/s1. The molecule has 2 heterocycles. The number of ether oxygens (including phenoxy) is 1. The molecule has 124 valence electrons. The van der Waals surface area contributed by atoms with Crippen LogP contribution in [0, 0.1) is 0 Å². The molecule has 2 atom stereocenters. The molecule has 4 rings (SSSR count). The Kier molecular flexibility index (Phi) is 4.17. The van der Waals surface area contributed by atoms with E-state index in [1.165, 1.54) is 0 Å². The summed E-state index contributed by atoms with van der Waals surface area (Å²) in [5.41, 5.74) is 2.92. The van der Waals surface area contributed by atoms with E-state index < -0.39 is 0 Å². The molecule has 1 aliphatic heterocycles. The van der Waals surface area contributed by atoms with Gasteiger partial charge in [0.05, 0.1) is 6.04 Å². The first-order valence-electron chi connectivity index (χ1n) is 8.30. The third-order valence-electron chi connectivity index (χ3n) is 4.45. The van der Waals surface area contributed by atoms with Crippen molar-refractivity contribution in [3.05, 3.63) is 95.8 Å². The molecule has 0 saturated carbocycles. The van der Waals surface area contributed by atoms with Gasteiger partial charge in [0.25, 0.3) is 0 Å². The van der Waals surface area contributed by atoms with E-state index in [4.69, 9.17) is 4.74 Å². The molecule has 0 radical (unpaired) electrons. The maximum Gasteiger partial charge on any atom is 0.231 e. The van der Waals surface area contributed by atoms with Crippen LogP contribution in [0.1, 0.15) is 28.7 Å². The Bertz CT molecular complexity index is 826. The van der Waals surface area contributed by atoms with E-state index in [-0.39, 0.29) is 17.9 Å². The Morgan fingerprint density at radius 2 is 1.76 bits per heavy atom. The van der Waals surface area contributed by atoms with E-state index in [2.05, 4.69) is 10.3 Å². The Balaban J connectivity index is 1.62. The lowest BCUT2D eigenvalue weighted by Crippen LogP contribution is -2.34. The van der Waals surface area contributed by atoms with E-state index in [1.807, 2.05) is 66.7 Å². The van der Waals surface area contributed by atoms with Gasteiger partial charge >= 0.3 is 0 Å². The molecule has 1 aromatic heterocycles. The molecule has 0 saturated heterocycles. The Morgan fingerprint density at radius 3 is 2.56 bits per heavy atom. The number of carbonyl (C=O) groups is 1. The molecule has 0 aliphatic carbocycles. The van der Waals surface area contributed by atoms with E-state index in [1.54, 1.807) is 12.4 Å². The number of fused-ring (bicyclic) bond motifs is 1. The van der Waals surface area contributed by atoms with Gasteiger partial charge in [0.15, 0.2) is 0 Å². The van der Waals surface area contributed by atoms with Crippen LogP contribution in [-0.4, -0.2) is 17.5 Å². The first-order valence-corrected chi connectivity index (χ1v) is 8.30. The summed E-state index contributed by atoms with van der Waals surface area (Å²) in [6.07, 6.45) is 3.52. The highest BCUT2D eigenvalue weighted by atomic mass is 16.5. The third-order valence-corrected chi connectivity index (χ3v) is 4.45. The zero-order valence-corrected chi connectivity index (χ0v) is 13.6. The van der Waals surface area contributed by atoms with E-state index in [0.717, 1.165) is 22.4 Å². The quantitative estimate of drug-likeness (QED) is 0.797. The zero-order valence-electron chi connectivity index (χ0n) is 13.6. The van der Waals surface area contributed by atoms with Crippen molar-refractivity contribution in [3.63, 3.8) is 0 Å². The van der Waals surface area contributed by atoms with Crippen molar-refractivity contribution < 1.29 is 9.53 Å². The topological polar surface area (TPSA) is 51.2 Å². The van der Waals surface area contributed by atoms with Crippen LogP contribution in [0.2, 0.25) is 0 Å². The van der Waals surface area contributed by atoms with Crippen molar-refractivity contribution in [1.29, 1.82) is 0 Å². The molecule has 0 bridgehead atoms. The summed E-state index contributed by atoms with van der Waals surface area (Å²) in [5, 5.41) is 3.17. The minimum absolute atomic E-state index is 0.0392. The summed E-state index contributed by atoms with van der Waals surface area (Å²) < 4.78 is 5.65. The number of hydrogen-bond acceptors (Lipinski definition) is 3. The van der Waals surface area contributed by atoms with Crippen LogP contribution in [0.25, 0.3) is 0 Å². The predicted octanol–water partition coefficient (Wildman–Crippen LogP) is 3.46. The van der Waals surface area contributed by atoms with Gasteiger partial charge in [0.2, 0.25) is 5.91 Å². The number of carbonyl (C=O) groups excluding carboxylic acids is 1. The molecule has 25 heavy (non-hydrogen) atoms. The number of nitrogens with zero attached hydrogens (tertiary/aromatic N) is 1. The maximum atomic E-state index is 13.0. The zero-order chi connectivity index (χ0) is 17.1. The van der Waals surface area contributed by atoms with Gasteiger partial charge in [-0.05, 0) is 23.3 Å². The van der Waals surface area contributed by atoms with Crippen molar-refractivity contribution >= 4 is 5.91 Å². The normalized spacial score (nSPS) is 16.6. The van der Waals surface area contributed by atoms with Crippen LogP contribution >= 0.6 is 0 Å². The van der Waals surface area contributed by atoms with Crippen LogP contribution in [0.5, 0.6) is 5.75 Å². The maximum absolute atomic E-state index is 13.0. The summed E-state index contributed by atoms with van der Waals surface area (Å²) in [6, 6.07) is 21.3. The largest absolute Gasteiger partial charge is 0.492 e. The minimum atomic E-state index is -0.293. The van der Waals surface area contributed by atoms with Gasteiger partial charge in [-0.3, -0.25) is 9.78 Å². The number of para-hydroxylation sites is 1. The fourth-order valence-electron chi connectivity index (χ4n) is 3.17. The lowest BCUT2D eigenvalue weighted by molar-refractivity contribution is -0.123. The van der Waals surface area contributed by atoms with Crippen molar-refractivity contribution in [1.82, 2.24) is 10.3 Å². The first kappa shape index (κ1) is 15.4. The molecular formula is C21H18N2O2. The van der Waals surface area contributed by atoms with Crippen molar-refractivity contribution in [2.45, 2.75) is 12.0 Å². The summed E-state index contributed by atoms with van der Waals surface area (Å²) in [5.74, 6) is 0.460. The molecule has 0 spiro atoms. The molecule has 3 aromatic rings. The Hall–Kier alpha value is -3.14. The van der Waals surface area contributed by atoms with Gasteiger partial charge in [-0.25, -0.2) is 0 Å². The van der Waals surface area contributed by atoms with E-state index >= 15 is 0 Å². The fraction of sp³-hybridized carbons (Fsp3) is 0.143. The van der Waals surface area contributed by atoms with Crippen LogP contribution in [0.4, 0.5) is 0 Å². The van der Waals surface area contributed by atoms with E-state index in [9.17, 15) is 4.79 Å². The molecule has 1 amide bonds. The fourth-order valence-corrected chi connectivity index (χ4v) is 3.17. The summed E-state index contributed by atoms with van der Waals surface area (Å²) in [6.45, 7) is 0.375. The highest BCUT2D eigenvalue weighted by Crippen LogP contribution is 2.34. The van der Waals surface area contributed by atoms with Crippen LogP contribution in [0.3, 0.4) is 0 Å². The minimum Gasteiger partial charge on any atom is -0.492 e. The second-order valence-electron chi connectivity index (χ2n) is 6.04. The summed E-state index contributed by atoms with van der Waals surface area (Å²) in [4.78, 5) is 17.1. The number of amides is 1. The van der Waals surface area contributed by atoms with Crippen LogP contribution < -0.4 is 10.1 Å². The SMILES string of the molecule is O=C(N[C@H](c1ccccc1)c1cccnc1)[C@H]1COc2ccccc21. The second-order valence-corrected chi connectivity index (χ2v) is 6.04. The number of nitrogens with one attached hydrogen (secondary N) is 1. The average Bonchev–Trinajstić information content (AvgIpc) is 3.11. The van der Waals surface area contributed by atoms with Gasteiger partial charge in [0, 0.05) is 18.0 Å². The van der Waals surface area contributed by atoms with Gasteiger partial charge < -0.3 is 10.1 Å². The average molecular weight is 330 g/mol. The number of benzene rings is 2.